The topological polar surface area (TPSA) is 9.23 Å². The van der Waals surface area contributed by atoms with Gasteiger partial charge in [-0.3, -0.25) is 0 Å². The maximum atomic E-state index is 6.13. The molecule has 2 aromatic rings. The van der Waals surface area contributed by atoms with Crippen LogP contribution in [-0.4, -0.2) is 18.1 Å². The van der Waals surface area contributed by atoms with Gasteiger partial charge in [0.1, 0.15) is 0 Å². The van der Waals surface area contributed by atoms with Gasteiger partial charge in [0, 0.05) is 0 Å². The molecule has 2 unspecified atom stereocenters. The van der Waals surface area contributed by atoms with Crippen LogP contribution >= 0.6 is 0 Å². The molecule has 3 heteroatoms. The third-order valence-corrected chi connectivity index (χ3v) is 7.54. The van der Waals surface area contributed by atoms with Crippen LogP contribution in [0.25, 0.3) is 0 Å². The maximum absolute atomic E-state index is 6.13. The maximum Gasteiger partial charge on any atom is 0.278 e. The van der Waals surface area contributed by atoms with Crippen LogP contribution in [0, 0.1) is 23.9 Å². The van der Waals surface area contributed by atoms with Gasteiger partial charge in [-0.05, 0) is 10.4 Å². The Hall–Kier alpha value is -2.05. The van der Waals surface area contributed by atoms with Gasteiger partial charge in [-0.1, -0.05) is 60.7 Å². The second-order valence-electron chi connectivity index (χ2n) is 4.05. The van der Waals surface area contributed by atoms with Gasteiger partial charge in [0.05, 0.1) is 0 Å². The van der Waals surface area contributed by atoms with Crippen LogP contribution in [0.5, 0.6) is 0 Å². The van der Waals surface area contributed by atoms with Crippen LogP contribution in [0.3, 0.4) is 0 Å². The largest absolute Gasteiger partial charge is 0.435 e. The summed E-state index contributed by atoms with van der Waals surface area (Å²) < 4.78 is 6.13. The lowest BCUT2D eigenvalue weighted by Crippen LogP contribution is -2.43. The Kier molecular flexibility index (Phi) is 4.77. The first kappa shape index (κ1) is 13.4. The molecule has 0 N–H and O–H groups in total. The molecule has 0 radical (unpaired) electrons. The van der Waals surface area contributed by atoms with Crippen molar-refractivity contribution in [2.24, 2.45) is 0 Å². The summed E-state index contributed by atoms with van der Waals surface area (Å²) in [5, 5.41) is 2.21. The highest BCUT2D eigenvalue weighted by atomic mass is 28.4. The lowest BCUT2D eigenvalue weighted by atomic mass is 10.4. The smallest absolute Gasteiger partial charge is 0.278 e. The van der Waals surface area contributed by atoms with Crippen molar-refractivity contribution >= 4 is 28.5 Å². The normalized spacial score (nSPS) is 12.9. The van der Waals surface area contributed by atoms with Gasteiger partial charge in [0.2, 0.25) is 0 Å². The molecule has 0 bridgehead atoms. The van der Waals surface area contributed by atoms with Crippen LogP contribution in [0.4, 0.5) is 0 Å². The average molecular weight is 278 g/mol. The molecular formula is C16H14OSi2. The van der Waals surface area contributed by atoms with Gasteiger partial charge in [0.15, 0.2) is 0 Å². The van der Waals surface area contributed by atoms with Gasteiger partial charge in [-0.15, -0.1) is 23.9 Å². The fraction of sp³-hybridized carbons (Fsp3) is 0. The van der Waals surface area contributed by atoms with E-state index in [2.05, 4.69) is 11.1 Å². The summed E-state index contributed by atoms with van der Waals surface area (Å²) in [6.45, 7) is 0. The molecule has 0 aliphatic heterocycles. The van der Waals surface area contributed by atoms with Gasteiger partial charge in [0.25, 0.3) is 18.1 Å². The minimum absolute atomic E-state index is 1.11. The molecule has 2 aromatic carbocycles. The van der Waals surface area contributed by atoms with Gasteiger partial charge < -0.3 is 4.12 Å². The predicted octanol–water partition coefficient (Wildman–Crippen LogP) is 0.610. The summed E-state index contributed by atoms with van der Waals surface area (Å²) in [5.41, 5.74) is 5.62. The Morgan fingerprint density at radius 1 is 0.684 bits per heavy atom. The van der Waals surface area contributed by atoms with Crippen molar-refractivity contribution in [1.29, 1.82) is 0 Å². The fourth-order valence-corrected chi connectivity index (χ4v) is 6.32. The van der Waals surface area contributed by atoms with E-state index in [1.165, 1.54) is 0 Å². The van der Waals surface area contributed by atoms with Gasteiger partial charge in [-0.2, -0.15) is 0 Å². The minimum atomic E-state index is -1.87. The van der Waals surface area contributed by atoms with E-state index in [4.69, 9.17) is 17.0 Å². The van der Waals surface area contributed by atoms with Crippen molar-refractivity contribution in [3.63, 3.8) is 0 Å². The molecule has 2 atom stereocenters. The van der Waals surface area contributed by atoms with E-state index in [9.17, 15) is 0 Å². The standard InChI is InChI=1S/C16H14OSi2/c1-3-18(15-11-7-5-8-12-15)17-19(4-2)16-13-9-6-10-14-16/h1-2,5-14,18-19H. The number of benzene rings is 2. The molecule has 0 spiro atoms. The van der Waals surface area contributed by atoms with Gasteiger partial charge in [-0.25, -0.2) is 0 Å². The number of rotatable bonds is 4. The van der Waals surface area contributed by atoms with Crippen molar-refractivity contribution < 1.29 is 4.12 Å². The Labute approximate surface area is 117 Å². The van der Waals surface area contributed by atoms with E-state index in [1.807, 2.05) is 60.7 Å². The second-order valence-corrected chi connectivity index (χ2v) is 8.66. The average Bonchev–Trinajstić information content (AvgIpc) is 2.50. The molecule has 0 saturated heterocycles. The van der Waals surface area contributed by atoms with Crippen LogP contribution < -0.4 is 10.4 Å². The Morgan fingerprint density at radius 3 is 1.37 bits per heavy atom. The Balaban J connectivity index is 2.19. The summed E-state index contributed by atoms with van der Waals surface area (Å²) in [5.74, 6) is 0. The van der Waals surface area contributed by atoms with Crippen LogP contribution in [0.15, 0.2) is 60.7 Å². The highest BCUT2D eigenvalue weighted by Gasteiger charge is 2.19. The van der Waals surface area contributed by atoms with Crippen LogP contribution in [0.2, 0.25) is 0 Å². The number of hydrogen-bond donors (Lipinski definition) is 0. The summed E-state index contributed by atoms with van der Waals surface area (Å²) in [6.07, 6.45) is 11.3. The molecule has 0 aromatic heterocycles. The molecule has 0 fully saturated rings. The van der Waals surface area contributed by atoms with E-state index < -0.39 is 18.1 Å². The highest BCUT2D eigenvalue weighted by molar-refractivity contribution is 6.87. The third-order valence-electron chi connectivity index (χ3n) is 2.78. The first-order valence-corrected chi connectivity index (χ1v) is 9.28. The molecular weight excluding hydrogens is 264 g/mol. The quantitative estimate of drug-likeness (QED) is 0.588. The molecule has 0 aliphatic rings. The SMILES string of the molecule is C#C[SiH](O[SiH](C#C)c1ccccc1)c1ccccc1. The van der Waals surface area contributed by atoms with E-state index in [0.717, 1.165) is 10.4 Å². The van der Waals surface area contributed by atoms with Crippen molar-refractivity contribution in [3.05, 3.63) is 60.7 Å². The molecule has 0 aliphatic carbocycles. The van der Waals surface area contributed by atoms with Crippen molar-refractivity contribution in [2.45, 2.75) is 0 Å². The van der Waals surface area contributed by atoms with Crippen molar-refractivity contribution in [1.82, 2.24) is 0 Å². The lowest BCUT2D eigenvalue weighted by Gasteiger charge is -2.16. The fourth-order valence-electron chi connectivity index (χ4n) is 1.82. The number of terminal acetylenes is 2. The molecule has 0 saturated carbocycles. The molecule has 0 heterocycles. The number of hydrogen-bond acceptors (Lipinski definition) is 1. The molecule has 92 valence electrons. The van der Waals surface area contributed by atoms with E-state index >= 15 is 0 Å². The molecule has 1 nitrogen and oxygen atoms in total. The molecule has 2 rings (SSSR count). The Bertz CT molecular complexity index is 541. The summed E-state index contributed by atoms with van der Waals surface area (Å²) >= 11 is 0. The Morgan fingerprint density at radius 2 is 1.05 bits per heavy atom. The van der Waals surface area contributed by atoms with Gasteiger partial charge >= 0.3 is 0 Å². The molecule has 0 amide bonds. The zero-order valence-corrected chi connectivity index (χ0v) is 12.8. The zero-order valence-electron chi connectivity index (χ0n) is 10.5. The van der Waals surface area contributed by atoms with E-state index in [0.29, 0.717) is 0 Å². The summed E-state index contributed by atoms with van der Waals surface area (Å²) in [7, 11) is -3.74. The summed E-state index contributed by atoms with van der Waals surface area (Å²) in [4.78, 5) is 0. The molecule has 19 heavy (non-hydrogen) atoms. The van der Waals surface area contributed by atoms with E-state index in [1.54, 1.807) is 0 Å². The van der Waals surface area contributed by atoms with Crippen LogP contribution in [0.1, 0.15) is 0 Å². The lowest BCUT2D eigenvalue weighted by molar-refractivity contribution is 0.636. The van der Waals surface area contributed by atoms with E-state index in [-0.39, 0.29) is 0 Å². The van der Waals surface area contributed by atoms with Crippen molar-refractivity contribution in [2.75, 3.05) is 0 Å². The minimum Gasteiger partial charge on any atom is -0.435 e. The monoisotopic (exact) mass is 278 g/mol. The first-order chi connectivity index (χ1) is 9.35. The second kappa shape index (κ2) is 6.77. The highest BCUT2D eigenvalue weighted by Crippen LogP contribution is 1.95. The zero-order chi connectivity index (χ0) is 13.5. The first-order valence-electron chi connectivity index (χ1n) is 6.02. The summed E-state index contributed by atoms with van der Waals surface area (Å²) in [6, 6.07) is 19.9. The van der Waals surface area contributed by atoms with Crippen LogP contribution in [-0.2, 0) is 4.12 Å². The predicted molar refractivity (Wildman–Crippen MR) is 85.2 cm³/mol. The van der Waals surface area contributed by atoms with Crippen molar-refractivity contribution in [3.8, 4) is 23.9 Å². The third kappa shape index (κ3) is 3.46.